The summed E-state index contributed by atoms with van der Waals surface area (Å²) in [5.41, 5.74) is 1.76. The highest BCUT2D eigenvalue weighted by Gasteiger charge is 2.24. The number of aliphatic carboxylic acids is 1. The summed E-state index contributed by atoms with van der Waals surface area (Å²) in [6.45, 7) is 6.16. The number of halogens is 6. The number of hydrogen-bond donors (Lipinski definition) is 4. The number of benzene rings is 2. The molecule has 1 unspecified atom stereocenters. The Balaban J connectivity index is 0.000000451. The lowest BCUT2D eigenvalue weighted by molar-refractivity contribution is -0.142. The zero-order valence-corrected chi connectivity index (χ0v) is 33.1. The summed E-state index contributed by atoms with van der Waals surface area (Å²) in [6, 6.07) is 8.06. The summed E-state index contributed by atoms with van der Waals surface area (Å²) in [6.07, 6.45) is 0.157. The van der Waals surface area contributed by atoms with Gasteiger partial charge in [0.15, 0.2) is 5.82 Å². The number of amides is 1. The number of ether oxygens (including phenoxy) is 2. The maximum absolute atomic E-state index is 14.2. The molecule has 3 rings (SSSR count). The van der Waals surface area contributed by atoms with Gasteiger partial charge in [0.25, 0.3) is 0 Å². The smallest absolute Gasteiger partial charge is 0.355 e. The SMILES string of the molecule is CCOC(=O)C(Cl)Cc1cc(-n2nc(C)n(C(F)F)c2=O)c(F)cc1Cl.CCOCN(C(=O)CCl)c1c(C)cccc1CC.O=C(O)CNCP(=O)(O)O. The second-order valence-electron chi connectivity index (χ2n) is 10.9. The fourth-order valence-corrected chi connectivity index (χ4v) is 5.49. The van der Waals surface area contributed by atoms with Crippen LogP contribution >= 0.6 is 42.4 Å². The maximum atomic E-state index is 14.2. The third kappa shape index (κ3) is 15.3. The second-order valence-corrected chi connectivity index (χ2v) is 13.7. The number of carboxylic acid groups (broad SMARTS) is 1. The second kappa shape index (κ2) is 23.4. The van der Waals surface area contributed by atoms with Crippen LogP contribution < -0.4 is 15.9 Å². The molecule has 1 aromatic heterocycles. The molecule has 4 N–H and O–H groups in total. The first-order valence-electron chi connectivity index (χ1n) is 16.0. The standard InChI is InChI=1S/C15H14Cl2F3N3O3.C14H20ClNO2.C3H8NO5P/c1-3-26-13(24)10(17)4-8-5-12(11(18)6-9(8)16)23-15(25)22(14(19)20)7(2)21-23;1-4-12-8-6-7-11(3)14(12)16(10-18-5-2)13(17)9-15;5-3(6)1-4-2-10(7,8)9/h5-6,10,14H,3-4H2,1-2H3;6-8H,4-5,9-10H2,1-3H3;4H,1-2H2,(H,5,6)(H2,7,8,9). The molecule has 1 amide bonds. The van der Waals surface area contributed by atoms with Gasteiger partial charge in [-0.3, -0.25) is 29.2 Å². The predicted octanol–water partition coefficient (Wildman–Crippen LogP) is 5.16. The molecule has 22 heteroatoms. The number of hydrogen-bond acceptors (Lipinski definition) is 9. The fraction of sp³-hybridized carbons (Fsp3) is 0.469. The molecule has 0 bridgehead atoms. The molecule has 0 saturated heterocycles. The number of rotatable bonds is 16. The molecule has 1 heterocycles. The highest BCUT2D eigenvalue weighted by atomic mass is 35.5. The first-order chi connectivity index (χ1) is 25.2. The van der Waals surface area contributed by atoms with Crippen molar-refractivity contribution in [3.8, 4) is 5.69 Å². The van der Waals surface area contributed by atoms with Crippen molar-refractivity contribution in [3.05, 3.63) is 74.2 Å². The van der Waals surface area contributed by atoms with Gasteiger partial charge in [0, 0.05) is 18.1 Å². The molecule has 0 fully saturated rings. The fourth-order valence-electron chi connectivity index (χ4n) is 4.48. The average molecular weight is 851 g/mol. The summed E-state index contributed by atoms with van der Waals surface area (Å²) in [4.78, 5) is 63.4. The van der Waals surface area contributed by atoms with E-state index in [-0.39, 0.29) is 58.2 Å². The highest BCUT2D eigenvalue weighted by Crippen LogP contribution is 2.31. The van der Waals surface area contributed by atoms with Crippen LogP contribution in [0.15, 0.2) is 35.1 Å². The van der Waals surface area contributed by atoms with Gasteiger partial charge in [0.05, 0.1) is 25.1 Å². The minimum atomic E-state index is -4.10. The number of esters is 1. The van der Waals surface area contributed by atoms with E-state index in [1.807, 2.05) is 32.0 Å². The van der Waals surface area contributed by atoms with Crippen molar-refractivity contribution in [2.75, 3.05) is 43.6 Å². The molecule has 302 valence electrons. The number of carbonyl (C=O) groups is 3. The summed E-state index contributed by atoms with van der Waals surface area (Å²) in [5.74, 6) is -3.23. The van der Waals surface area contributed by atoms with Crippen molar-refractivity contribution in [2.45, 2.75) is 59.4 Å². The van der Waals surface area contributed by atoms with Crippen LogP contribution in [-0.4, -0.2) is 91.1 Å². The summed E-state index contributed by atoms with van der Waals surface area (Å²) in [5, 5.41) is 12.6. The molecular weight excluding hydrogens is 809 g/mol. The highest BCUT2D eigenvalue weighted by molar-refractivity contribution is 7.51. The third-order valence-corrected chi connectivity index (χ3v) is 8.42. The van der Waals surface area contributed by atoms with E-state index in [9.17, 15) is 36.9 Å². The largest absolute Gasteiger partial charge is 0.480 e. The van der Waals surface area contributed by atoms with Gasteiger partial charge in [-0.1, -0.05) is 36.7 Å². The minimum Gasteiger partial charge on any atom is -0.480 e. The lowest BCUT2D eigenvalue weighted by atomic mass is 10.0. The number of aromatic nitrogens is 3. The Hall–Kier alpha value is -3.48. The number of nitrogens with zero attached hydrogens (tertiary/aromatic N) is 4. The van der Waals surface area contributed by atoms with Crippen molar-refractivity contribution < 1.29 is 56.5 Å². The lowest BCUT2D eigenvalue weighted by Gasteiger charge is -2.25. The van der Waals surface area contributed by atoms with Crippen LogP contribution in [0.1, 0.15) is 49.8 Å². The predicted molar refractivity (Wildman–Crippen MR) is 197 cm³/mol. The van der Waals surface area contributed by atoms with Crippen LogP contribution in [-0.2, 0) is 41.3 Å². The van der Waals surface area contributed by atoms with Crippen molar-refractivity contribution in [1.29, 1.82) is 0 Å². The van der Waals surface area contributed by atoms with Gasteiger partial charge in [-0.2, -0.15) is 13.5 Å². The van der Waals surface area contributed by atoms with Gasteiger partial charge in [0.1, 0.15) is 29.5 Å². The number of carboxylic acids is 1. The Bertz CT molecular complexity index is 1830. The van der Waals surface area contributed by atoms with Crippen LogP contribution in [0, 0.1) is 19.7 Å². The van der Waals surface area contributed by atoms with E-state index in [1.165, 1.54) is 6.92 Å². The van der Waals surface area contributed by atoms with Gasteiger partial charge in [-0.15, -0.1) is 28.3 Å². The Morgan fingerprint density at radius 2 is 1.74 bits per heavy atom. The summed E-state index contributed by atoms with van der Waals surface area (Å²) < 4.78 is 60.9. The molecule has 0 saturated carbocycles. The topological polar surface area (TPSA) is 203 Å². The number of nitrogens with one attached hydrogen (secondary N) is 1. The molecule has 54 heavy (non-hydrogen) atoms. The molecule has 0 aliphatic heterocycles. The maximum Gasteiger partial charge on any atom is 0.355 e. The van der Waals surface area contributed by atoms with Gasteiger partial charge in [-0.25, -0.2) is 13.8 Å². The van der Waals surface area contributed by atoms with E-state index in [0.717, 1.165) is 35.4 Å². The van der Waals surface area contributed by atoms with E-state index >= 15 is 0 Å². The molecule has 0 spiro atoms. The van der Waals surface area contributed by atoms with Gasteiger partial charge >= 0.3 is 31.8 Å². The zero-order chi connectivity index (χ0) is 41.3. The van der Waals surface area contributed by atoms with E-state index in [1.54, 1.807) is 11.8 Å². The van der Waals surface area contributed by atoms with E-state index in [2.05, 4.69) is 17.3 Å². The number of anilines is 1. The van der Waals surface area contributed by atoms with Gasteiger partial charge in [0.2, 0.25) is 5.91 Å². The van der Waals surface area contributed by atoms with Crippen LogP contribution in [0.5, 0.6) is 0 Å². The molecule has 2 aromatic carbocycles. The number of carbonyl (C=O) groups excluding carboxylic acids is 2. The van der Waals surface area contributed by atoms with E-state index in [4.69, 9.17) is 59.2 Å². The van der Waals surface area contributed by atoms with Crippen LogP contribution in [0.25, 0.3) is 5.69 Å². The Morgan fingerprint density at radius 3 is 2.24 bits per heavy atom. The Morgan fingerprint density at radius 1 is 1.09 bits per heavy atom. The average Bonchev–Trinajstić information content (AvgIpc) is 3.39. The molecule has 0 aliphatic rings. The van der Waals surface area contributed by atoms with E-state index < -0.39 is 55.8 Å². The van der Waals surface area contributed by atoms with E-state index in [0.29, 0.717) is 11.3 Å². The van der Waals surface area contributed by atoms with Crippen molar-refractivity contribution in [2.24, 2.45) is 0 Å². The third-order valence-electron chi connectivity index (χ3n) is 6.87. The number of alkyl halides is 4. The van der Waals surface area contributed by atoms with Crippen molar-refractivity contribution >= 4 is 65.9 Å². The molecule has 15 nitrogen and oxygen atoms in total. The first-order valence-corrected chi connectivity index (χ1v) is 19.1. The molecule has 3 aromatic rings. The monoisotopic (exact) mass is 849 g/mol. The van der Waals surface area contributed by atoms with Crippen LogP contribution in [0.3, 0.4) is 0 Å². The van der Waals surface area contributed by atoms with Gasteiger partial charge < -0.3 is 24.4 Å². The van der Waals surface area contributed by atoms with Gasteiger partial charge in [-0.05, 0) is 62.9 Å². The molecule has 1 atom stereocenters. The summed E-state index contributed by atoms with van der Waals surface area (Å²) in [7, 11) is -4.10. The zero-order valence-electron chi connectivity index (χ0n) is 29.9. The van der Waals surface area contributed by atoms with Crippen LogP contribution in [0.4, 0.5) is 18.9 Å². The lowest BCUT2D eigenvalue weighted by Crippen LogP contribution is -2.35. The Kier molecular flexibility index (Phi) is 21.1. The molecule has 0 radical (unpaired) electrons. The number of aryl methyl sites for hydroxylation is 3. The normalized spacial score (nSPS) is 11.6. The minimum absolute atomic E-state index is 0.0371. The van der Waals surface area contributed by atoms with Crippen LogP contribution in [0.2, 0.25) is 5.02 Å². The quantitative estimate of drug-likeness (QED) is 0.0639. The first kappa shape index (κ1) is 48.5. The van der Waals surface area contributed by atoms with Crippen molar-refractivity contribution in [1.82, 2.24) is 19.7 Å². The number of para-hydroxylation sites is 1. The summed E-state index contributed by atoms with van der Waals surface area (Å²) >= 11 is 17.6. The van der Waals surface area contributed by atoms with Crippen molar-refractivity contribution in [3.63, 3.8) is 0 Å². The molecular formula is C32H42Cl3F3N5O10P. The Labute approximate surface area is 324 Å². The molecule has 0 aliphatic carbocycles.